The van der Waals surface area contributed by atoms with Gasteiger partial charge < -0.3 is 9.47 Å². The first-order valence-electron chi connectivity index (χ1n) is 9.92. The lowest BCUT2D eigenvalue weighted by Gasteiger charge is -2.11. The van der Waals surface area contributed by atoms with E-state index in [1.165, 1.54) is 13.3 Å². The summed E-state index contributed by atoms with van der Waals surface area (Å²) in [6, 6.07) is 26.9. The summed E-state index contributed by atoms with van der Waals surface area (Å²) in [6.45, 7) is 0. The first-order valence-corrected chi connectivity index (χ1v) is 9.92. The molecule has 0 aliphatic heterocycles. The molecule has 158 valence electrons. The molecule has 32 heavy (non-hydrogen) atoms. The minimum Gasteiger partial charge on any atom is -0.493 e. The van der Waals surface area contributed by atoms with E-state index in [1.54, 1.807) is 48.5 Å². The fourth-order valence-electron chi connectivity index (χ4n) is 3.23. The molecule has 4 rings (SSSR count). The number of rotatable bonds is 6. The van der Waals surface area contributed by atoms with Gasteiger partial charge in [-0.3, -0.25) is 4.79 Å². The number of benzene rings is 4. The van der Waals surface area contributed by atoms with Crippen LogP contribution in [0, 0.1) is 0 Å². The molecular weight excluding hydrogens is 404 g/mol. The molecule has 0 spiro atoms. The number of nitrogens with one attached hydrogen (secondary N) is 1. The molecule has 0 saturated heterocycles. The number of carbonyl (C=O) groups excluding carboxylic acids is 2. The second kappa shape index (κ2) is 9.57. The van der Waals surface area contributed by atoms with Crippen molar-refractivity contribution in [3.8, 4) is 11.5 Å². The standard InChI is InChI=1S/C26H20N2O4/c1-31-23-15-14-18(17-27-28-25(29)20-9-3-2-4-10-20)16-24(23)32-26(30)22-13-7-11-19-8-5-6-12-21(19)22/h2-17H,1H3,(H,28,29)/b27-17-. The van der Waals surface area contributed by atoms with Crippen LogP contribution >= 0.6 is 0 Å². The van der Waals surface area contributed by atoms with Crippen LogP contribution in [0.5, 0.6) is 11.5 Å². The Morgan fingerprint density at radius 1 is 0.844 bits per heavy atom. The van der Waals surface area contributed by atoms with Gasteiger partial charge in [0.15, 0.2) is 11.5 Å². The summed E-state index contributed by atoms with van der Waals surface area (Å²) in [4.78, 5) is 25.0. The summed E-state index contributed by atoms with van der Waals surface area (Å²) >= 11 is 0. The number of fused-ring (bicyclic) bond motifs is 1. The summed E-state index contributed by atoms with van der Waals surface area (Å²) in [5.74, 6) is -0.155. The molecule has 0 fully saturated rings. The third-order valence-corrected chi connectivity index (χ3v) is 4.82. The zero-order chi connectivity index (χ0) is 22.3. The van der Waals surface area contributed by atoms with Crippen molar-refractivity contribution in [2.45, 2.75) is 0 Å². The monoisotopic (exact) mass is 424 g/mol. The zero-order valence-electron chi connectivity index (χ0n) is 17.3. The summed E-state index contributed by atoms with van der Waals surface area (Å²) in [5.41, 5.74) is 4.06. The van der Waals surface area contributed by atoms with Crippen molar-refractivity contribution in [3.63, 3.8) is 0 Å². The number of methoxy groups -OCH3 is 1. The van der Waals surface area contributed by atoms with Crippen molar-refractivity contribution >= 4 is 28.9 Å². The smallest absolute Gasteiger partial charge is 0.344 e. The Kier molecular flexibility index (Phi) is 6.22. The summed E-state index contributed by atoms with van der Waals surface area (Å²) in [6.07, 6.45) is 1.47. The van der Waals surface area contributed by atoms with Gasteiger partial charge in [-0.15, -0.1) is 0 Å². The van der Waals surface area contributed by atoms with Crippen LogP contribution < -0.4 is 14.9 Å². The topological polar surface area (TPSA) is 77.0 Å². The van der Waals surface area contributed by atoms with Crippen LogP contribution in [0.3, 0.4) is 0 Å². The fraction of sp³-hybridized carbons (Fsp3) is 0.0385. The number of esters is 1. The number of nitrogens with zero attached hydrogens (tertiary/aromatic N) is 1. The molecule has 0 aromatic heterocycles. The third kappa shape index (κ3) is 4.65. The van der Waals surface area contributed by atoms with E-state index in [1.807, 2.05) is 42.5 Å². The summed E-state index contributed by atoms with van der Waals surface area (Å²) in [7, 11) is 1.50. The lowest BCUT2D eigenvalue weighted by Crippen LogP contribution is -2.17. The Balaban J connectivity index is 1.53. The number of hydrazone groups is 1. The van der Waals surface area contributed by atoms with Crippen molar-refractivity contribution in [3.05, 3.63) is 108 Å². The highest BCUT2D eigenvalue weighted by Gasteiger charge is 2.15. The molecule has 4 aromatic carbocycles. The SMILES string of the molecule is COc1ccc(/C=N\NC(=O)c2ccccc2)cc1OC(=O)c1cccc2ccccc12. The Morgan fingerprint density at radius 2 is 1.59 bits per heavy atom. The van der Waals surface area contributed by atoms with E-state index in [0.717, 1.165) is 10.8 Å². The second-order valence-corrected chi connectivity index (χ2v) is 6.89. The number of hydrogen-bond acceptors (Lipinski definition) is 5. The Bertz CT molecular complexity index is 1290. The lowest BCUT2D eigenvalue weighted by atomic mass is 10.0. The van der Waals surface area contributed by atoms with Crippen LogP contribution in [-0.2, 0) is 0 Å². The molecule has 6 nitrogen and oxygen atoms in total. The number of hydrogen-bond donors (Lipinski definition) is 1. The van der Waals surface area contributed by atoms with Gasteiger partial charge in [-0.2, -0.15) is 5.10 Å². The molecule has 0 bridgehead atoms. The minimum absolute atomic E-state index is 0.253. The molecule has 0 saturated carbocycles. The normalized spacial score (nSPS) is 10.8. The second-order valence-electron chi connectivity index (χ2n) is 6.89. The van der Waals surface area contributed by atoms with Crippen LogP contribution in [0.1, 0.15) is 26.3 Å². The maximum absolute atomic E-state index is 12.9. The van der Waals surface area contributed by atoms with Crippen LogP contribution in [0.4, 0.5) is 0 Å². The predicted molar refractivity (Wildman–Crippen MR) is 123 cm³/mol. The fourth-order valence-corrected chi connectivity index (χ4v) is 3.23. The first-order chi connectivity index (χ1) is 15.7. The highest BCUT2D eigenvalue weighted by atomic mass is 16.6. The molecule has 0 heterocycles. The van der Waals surface area contributed by atoms with Gasteiger partial charge in [0.05, 0.1) is 18.9 Å². The molecule has 0 aliphatic carbocycles. The summed E-state index contributed by atoms with van der Waals surface area (Å²) in [5, 5.41) is 5.74. The van der Waals surface area contributed by atoms with Crippen molar-refractivity contribution in [2.75, 3.05) is 7.11 Å². The molecule has 0 radical (unpaired) electrons. The van der Waals surface area contributed by atoms with Gasteiger partial charge in [-0.25, -0.2) is 10.2 Å². The van der Waals surface area contributed by atoms with Gasteiger partial charge in [0.2, 0.25) is 0 Å². The Labute approximate surface area is 185 Å². The Morgan fingerprint density at radius 3 is 2.41 bits per heavy atom. The van der Waals surface area contributed by atoms with Gasteiger partial charge in [0, 0.05) is 5.56 Å². The third-order valence-electron chi connectivity index (χ3n) is 4.82. The maximum atomic E-state index is 12.9. The van der Waals surface area contributed by atoms with Gasteiger partial charge in [-0.1, -0.05) is 54.6 Å². The predicted octanol–water partition coefficient (Wildman–Crippen LogP) is 4.83. The quantitative estimate of drug-likeness (QED) is 0.208. The molecule has 4 aromatic rings. The minimum atomic E-state index is -0.494. The van der Waals surface area contributed by atoms with E-state index >= 15 is 0 Å². The van der Waals surface area contributed by atoms with E-state index in [9.17, 15) is 9.59 Å². The van der Waals surface area contributed by atoms with Gasteiger partial charge >= 0.3 is 5.97 Å². The molecule has 6 heteroatoms. The van der Waals surface area contributed by atoms with E-state index in [-0.39, 0.29) is 11.7 Å². The molecule has 0 aliphatic rings. The van der Waals surface area contributed by atoms with Crippen LogP contribution in [-0.4, -0.2) is 25.2 Å². The molecule has 0 unspecified atom stereocenters. The number of ether oxygens (including phenoxy) is 2. The van der Waals surface area contributed by atoms with Crippen LogP contribution in [0.2, 0.25) is 0 Å². The van der Waals surface area contributed by atoms with Crippen molar-refractivity contribution < 1.29 is 19.1 Å². The van der Waals surface area contributed by atoms with Gasteiger partial charge in [-0.05, 0) is 52.7 Å². The van der Waals surface area contributed by atoms with Crippen molar-refractivity contribution in [1.29, 1.82) is 0 Å². The van der Waals surface area contributed by atoms with E-state index < -0.39 is 5.97 Å². The Hall–Kier alpha value is -4.45. The van der Waals surface area contributed by atoms with E-state index in [4.69, 9.17) is 9.47 Å². The highest BCUT2D eigenvalue weighted by Crippen LogP contribution is 2.29. The lowest BCUT2D eigenvalue weighted by molar-refractivity contribution is 0.0731. The molecular formula is C26H20N2O4. The average molecular weight is 424 g/mol. The first kappa shape index (κ1) is 20.8. The van der Waals surface area contributed by atoms with Crippen LogP contribution in [0.25, 0.3) is 10.8 Å². The number of amides is 1. The van der Waals surface area contributed by atoms with Crippen molar-refractivity contribution in [2.24, 2.45) is 5.10 Å². The summed E-state index contributed by atoms with van der Waals surface area (Å²) < 4.78 is 11.0. The van der Waals surface area contributed by atoms with E-state index in [0.29, 0.717) is 22.4 Å². The number of carbonyl (C=O) groups is 2. The van der Waals surface area contributed by atoms with Gasteiger partial charge in [0.25, 0.3) is 5.91 Å². The molecule has 0 atom stereocenters. The van der Waals surface area contributed by atoms with E-state index in [2.05, 4.69) is 10.5 Å². The van der Waals surface area contributed by atoms with Gasteiger partial charge in [0.1, 0.15) is 0 Å². The van der Waals surface area contributed by atoms with Crippen LogP contribution in [0.15, 0.2) is 96.1 Å². The molecule has 1 N–H and O–H groups in total. The maximum Gasteiger partial charge on any atom is 0.344 e. The average Bonchev–Trinajstić information content (AvgIpc) is 2.84. The molecule has 1 amide bonds. The largest absolute Gasteiger partial charge is 0.493 e. The van der Waals surface area contributed by atoms with Crippen molar-refractivity contribution in [1.82, 2.24) is 5.43 Å². The zero-order valence-corrected chi connectivity index (χ0v) is 17.3. The highest BCUT2D eigenvalue weighted by molar-refractivity contribution is 6.05.